The lowest BCUT2D eigenvalue weighted by molar-refractivity contribution is 0.286. The number of hydrogen-bond acceptors (Lipinski definition) is 5. The van der Waals surface area contributed by atoms with Crippen LogP contribution in [0.2, 0.25) is 0 Å². The number of aryl methyl sites for hydroxylation is 1. The van der Waals surface area contributed by atoms with Crippen molar-refractivity contribution in [1.29, 1.82) is 0 Å². The molecule has 1 saturated heterocycles. The molecule has 0 amide bonds. The Kier molecular flexibility index (Phi) is 4.13. The monoisotopic (exact) mass is 322 g/mol. The molecule has 1 aliphatic rings. The van der Waals surface area contributed by atoms with E-state index in [1.54, 1.807) is 0 Å². The maximum Gasteiger partial charge on any atom is 0.225 e. The number of aromatic amines is 1. The van der Waals surface area contributed by atoms with Gasteiger partial charge in [0, 0.05) is 62.9 Å². The van der Waals surface area contributed by atoms with Crippen LogP contribution in [0.5, 0.6) is 0 Å². The molecule has 24 heavy (non-hydrogen) atoms. The molecular weight excluding hydrogens is 300 g/mol. The van der Waals surface area contributed by atoms with E-state index in [1.165, 1.54) is 16.5 Å². The Labute approximate surface area is 141 Å². The van der Waals surface area contributed by atoms with E-state index in [4.69, 9.17) is 0 Å². The second-order valence-corrected chi connectivity index (χ2v) is 6.39. The van der Waals surface area contributed by atoms with Crippen LogP contribution in [0.4, 0.5) is 5.95 Å². The number of nitrogens with one attached hydrogen (secondary N) is 1. The normalized spacial score (nSPS) is 16.5. The zero-order valence-corrected chi connectivity index (χ0v) is 13.9. The van der Waals surface area contributed by atoms with E-state index >= 15 is 0 Å². The number of anilines is 1. The molecule has 0 aliphatic carbocycles. The van der Waals surface area contributed by atoms with Crippen molar-refractivity contribution in [1.82, 2.24) is 24.8 Å². The Morgan fingerprint density at radius 2 is 1.96 bits per heavy atom. The van der Waals surface area contributed by atoms with Gasteiger partial charge in [-0.1, -0.05) is 0 Å². The highest BCUT2D eigenvalue weighted by atomic mass is 15.3. The van der Waals surface area contributed by atoms with Crippen molar-refractivity contribution in [2.24, 2.45) is 0 Å². The van der Waals surface area contributed by atoms with Gasteiger partial charge in [-0.3, -0.25) is 4.90 Å². The van der Waals surface area contributed by atoms with Crippen LogP contribution in [0.1, 0.15) is 17.5 Å². The number of pyridine rings is 1. The highest BCUT2D eigenvalue weighted by Crippen LogP contribution is 2.20. The van der Waals surface area contributed by atoms with Crippen LogP contribution < -0.4 is 4.90 Å². The van der Waals surface area contributed by atoms with Gasteiger partial charge in [0.25, 0.3) is 0 Å². The van der Waals surface area contributed by atoms with Crippen molar-refractivity contribution in [2.75, 3.05) is 31.1 Å². The molecule has 1 aliphatic heterocycles. The van der Waals surface area contributed by atoms with Crippen LogP contribution in [0, 0.1) is 6.92 Å². The molecular formula is C18H22N6. The second kappa shape index (κ2) is 6.57. The Hall–Kier alpha value is -2.47. The molecule has 1 N–H and O–H groups in total. The molecule has 4 rings (SSSR count). The standard InChI is InChI=1S/C18H22N6/c1-14-10-16-15(12-22-17(16)21-11-14)13-23-6-3-7-24(9-8-23)18-19-4-2-5-20-18/h2,4-5,10-12H,3,6-9,13H2,1H3,(H,21,22). The fourth-order valence-corrected chi connectivity index (χ4v) is 3.32. The quantitative estimate of drug-likeness (QED) is 0.802. The minimum atomic E-state index is 0.839. The van der Waals surface area contributed by atoms with Crippen LogP contribution in [0.25, 0.3) is 11.0 Å². The summed E-state index contributed by atoms with van der Waals surface area (Å²) in [5.41, 5.74) is 3.50. The summed E-state index contributed by atoms with van der Waals surface area (Å²) in [6.07, 6.45) is 8.75. The van der Waals surface area contributed by atoms with Gasteiger partial charge in [0.05, 0.1) is 0 Å². The van der Waals surface area contributed by atoms with E-state index in [0.717, 1.165) is 50.7 Å². The molecule has 1 fully saturated rings. The van der Waals surface area contributed by atoms with Gasteiger partial charge in [0.2, 0.25) is 5.95 Å². The van der Waals surface area contributed by atoms with Gasteiger partial charge in [-0.2, -0.15) is 0 Å². The maximum absolute atomic E-state index is 4.47. The van der Waals surface area contributed by atoms with Crippen molar-refractivity contribution in [2.45, 2.75) is 19.9 Å². The lowest BCUT2D eigenvalue weighted by Gasteiger charge is -2.21. The molecule has 0 unspecified atom stereocenters. The third kappa shape index (κ3) is 3.10. The SMILES string of the molecule is Cc1cnc2[nH]cc(CN3CCCN(c4ncccn4)CC3)c2c1. The summed E-state index contributed by atoms with van der Waals surface area (Å²) in [5, 5.41) is 1.24. The fourth-order valence-electron chi connectivity index (χ4n) is 3.32. The Morgan fingerprint density at radius 3 is 2.83 bits per heavy atom. The van der Waals surface area contributed by atoms with Crippen LogP contribution >= 0.6 is 0 Å². The van der Waals surface area contributed by atoms with Gasteiger partial charge in [-0.25, -0.2) is 15.0 Å². The summed E-state index contributed by atoms with van der Waals surface area (Å²) in [4.78, 5) is 21.3. The van der Waals surface area contributed by atoms with Crippen LogP contribution in [0.15, 0.2) is 36.9 Å². The van der Waals surface area contributed by atoms with Crippen LogP contribution in [-0.2, 0) is 6.54 Å². The lowest BCUT2D eigenvalue weighted by Crippen LogP contribution is -2.31. The smallest absolute Gasteiger partial charge is 0.225 e. The number of fused-ring (bicyclic) bond motifs is 1. The number of aromatic nitrogens is 4. The topological polar surface area (TPSA) is 60.9 Å². The highest BCUT2D eigenvalue weighted by Gasteiger charge is 2.18. The van der Waals surface area contributed by atoms with Crippen molar-refractivity contribution >= 4 is 17.0 Å². The number of hydrogen-bond donors (Lipinski definition) is 1. The van der Waals surface area contributed by atoms with Gasteiger partial charge in [-0.15, -0.1) is 0 Å². The molecule has 0 spiro atoms. The minimum absolute atomic E-state index is 0.839. The fraction of sp³-hybridized carbons (Fsp3) is 0.389. The third-order valence-electron chi connectivity index (χ3n) is 4.57. The van der Waals surface area contributed by atoms with E-state index in [0.29, 0.717) is 0 Å². The van der Waals surface area contributed by atoms with Crippen LogP contribution in [-0.4, -0.2) is 51.0 Å². The first-order valence-corrected chi connectivity index (χ1v) is 8.46. The predicted octanol–water partition coefficient (Wildman–Crippen LogP) is 2.37. The van der Waals surface area contributed by atoms with Crippen molar-refractivity contribution in [3.05, 3.63) is 48.0 Å². The average molecular weight is 322 g/mol. The van der Waals surface area contributed by atoms with Crippen molar-refractivity contribution < 1.29 is 0 Å². The Morgan fingerprint density at radius 1 is 1.08 bits per heavy atom. The molecule has 0 saturated carbocycles. The molecule has 124 valence electrons. The van der Waals surface area contributed by atoms with Crippen molar-refractivity contribution in [3.8, 4) is 0 Å². The minimum Gasteiger partial charge on any atom is -0.346 e. The number of rotatable bonds is 3. The van der Waals surface area contributed by atoms with E-state index < -0.39 is 0 Å². The molecule has 6 nitrogen and oxygen atoms in total. The zero-order valence-electron chi connectivity index (χ0n) is 13.9. The van der Waals surface area contributed by atoms with Gasteiger partial charge < -0.3 is 9.88 Å². The number of nitrogens with zero attached hydrogens (tertiary/aromatic N) is 5. The average Bonchev–Trinajstić information content (AvgIpc) is 2.85. The Balaban J connectivity index is 1.46. The van der Waals surface area contributed by atoms with Gasteiger partial charge in [0.15, 0.2) is 0 Å². The molecule has 0 aromatic carbocycles. The van der Waals surface area contributed by atoms with Gasteiger partial charge >= 0.3 is 0 Å². The third-order valence-corrected chi connectivity index (χ3v) is 4.57. The molecule has 3 aromatic heterocycles. The van der Waals surface area contributed by atoms with Gasteiger partial charge in [0.1, 0.15) is 5.65 Å². The molecule has 3 aromatic rings. The largest absolute Gasteiger partial charge is 0.346 e. The second-order valence-electron chi connectivity index (χ2n) is 6.39. The Bertz CT molecular complexity index is 813. The molecule has 0 radical (unpaired) electrons. The summed E-state index contributed by atoms with van der Waals surface area (Å²) in [5.74, 6) is 0.839. The van der Waals surface area contributed by atoms with E-state index in [2.05, 4.69) is 48.9 Å². The summed E-state index contributed by atoms with van der Waals surface area (Å²) in [7, 11) is 0. The first-order valence-electron chi connectivity index (χ1n) is 8.46. The summed E-state index contributed by atoms with van der Waals surface area (Å²) in [6, 6.07) is 4.08. The van der Waals surface area contributed by atoms with Crippen LogP contribution in [0.3, 0.4) is 0 Å². The predicted molar refractivity (Wildman–Crippen MR) is 95.0 cm³/mol. The first kappa shape index (κ1) is 15.1. The molecule has 4 heterocycles. The van der Waals surface area contributed by atoms with E-state index in [-0.39, 0.29) is 0 Å². The summed E-state index contributed by atoms with van der Waals surface area (Å²) < 4.78 is 0. The molecule has 0 bridgehead atoms. The number of H-pyrrole nitrogens is 1. The lowest BCUT2D eigenvalue weighted by atomic mass is 10.1. The highest BCUT2D eigenvalue weighted by molar-refractivity contribution is 5.80. The molecule has 6 heteroatoms. The van der Waals surface area contributed by atoms with Crippen molar-refractivity contribution in [3.63, 3.8) is 0 Å². The maximum atomic E-state index is 4.47. The summed E-state index contributed by atoms with van der Waals surface area (Å²) in [6.45, 7) is 7.12. The van der Waals surface area contributed by atoms with Gasteiger partial charge in [-0.05, 0) is 36.6 Å². The molecule has 0 atom stereocenters. The van der Waals surface area contributed by atoms with E-state index in [9.17, 15) is 0 Å². The first-order chi connectivity index (χ1) is 11.8. The summed E-state index contributed by atoms with van der Waals surface area (Å²) >= 11 is 0. The van der Waals surface area contributed by atoms with E-state index in [1.807, 2.05) is 24.7 Å². The zero-order chi connectivity index (χ0) is 16.4.